The predicted molar refractivity (Wildman–Crippen MR) is 94.1 cm³/mol. The van der Waals surface area contributed by atoms with Crippen LogP contribution in [0.3, 0.4) is 0 Å². The molecule has 7 heteroatoms. The largest absolute Gasteiger partial charge is 0.261 e. The Labute approximate surface area is 143 Å². The fraction of sp³-hybridized carbons (Fsp3) is 0.529. The molecular weight excluding hydrogens is 324 g/mol. The monoisotopic (exact) mass is 348 g/mol. The van der Waals surface area contributed by atoms with Gasteiger partial charge in [0.1, 0.15) is 0 Å². The molecule has 0 radical (unpaired) electrons. The Morgan fingerprint density at radius 3 is 2.75 bits per heavy atom. The third-order valence-electron chi connectivity index (χ3n) is 4.44. The molecule has 130 valence electrons. The molecule has 1 aliphatic heterocycles. The maximum atomic E-state index is 11.6. The second-order valence-corrected chi connectivity index (χ2v) is 8.73. The Hall–Kier alpha value is -1.73. The number of sulfonamides is 1. The minimum Gasteiger partial charge on any atom is -0.261 e. The summed E-state index contributed by atoms with van der Waals surface area (Å²) in [5, 5.41) is 4.37. The molecule has 0 saturated carbocycles. The minimum atomic E-state index is -3.09. The average molecular weight is 348 g/mol. The molecule has 1 atom stereocenters. The molecule has 0 N–H and O–H groups in total. The van der Waals surface area contributed by atoms with Crippen LogP contribution >= 0.6 is 0 Å². The zero-order valence-corrected chi connectivity index (χ0v) is 15.2. The Bertz CT molecular complexity index is 814. The van der Waals surface area contributed by atoms with Gasteiger partial charge in [-0.3, -0.25) is 9.67 Å². The van der Waals surface area contributed by atoms with Crippen molar-refractivity contribution in [2.45, 2.75) is 32.7 Å². The summed E-state index contributed by atoms with van der Waals surface area (Å²) in [7, 11) is -3.09. The van der Waals surface area contributed by atoms with Gasteiger partial charge in [0.15, 0.2) is 0 Å². The van der Waals surface area contributed by atoms with E-state index >= 15 is 0 Å². The highest BCUT2D eigenvalue weighted by Gasteiger charge is 2.28. The molecule has 1 unspecified atom stereocenters. The van der Waals surface area contributed by atoms with Crippen LogP contribution in [0.15, 0.2) is 30.5 Å². The van der Waals surface area contributed by atoms with E-state index in [2.05, 4.69) is 18.9 Å². The highest BCUT2D eigenvalue weighted by atomic mass is 32.2. The normalized spacial score (nSPS) is 19.2. The summed E-state index contributed by atoms with van der Waals surface area (Å²) in [5.74, 6) is 0.331. The zero-order valence-electron chi connectivity index (χ0n) is 14.4. The van der Waals surface area contributed by atoms with Gasteiger partial charge in [0, 0.05) is 31.0 Å². The smallest absolute Gasteiger partial charge is 0.211 e. The van der Waals surface area contributed by atoms with Gasteiger partial charge in [0.05, 0.1) is 17.6 Å². The number of nitrogens with zero attached hydrogens (tertiary/aromatic N) is 4. The second-order valence-electron chi connectivity index (χ2n) is 6.75. The summed E-state index contributed by atoms with van der Waals surface area (Å²) in [5.41, 5.74) is 2.93. The SMILES string of the molecule is CC(C)n1nccc1-c1cccc(CC2CCN(S(C)(=O)=O)C2)n1. The standard InChI is InChI=1S/C17H24N4O2S/c1-13(2)21-17(7-9-18-21)16-6-4-5-15(19-16)11-14-8-10-20(12-14)24(3,22)23/h4-7,9,13-14H,8,10-12H2,1-3H3. The van der Waals surface area contributed by atoms with E-state index in [1.807, 2.05) is 28.9 Å². The van der Waals surface area contributed by atoms with E-state index in [9.17, 15) is 8.42 Å². The number of aromatic nitrogens is 3. The van der Waals surface area contributed by atoms with E-state index in [-0.39, 0.29) is 6.04 Å². The van der Waals surface area contributed by atoms with Gasteiger partial charge in [-0.1, -0.05) is 6.07 Å². The van der Waals surface area contributed by atoms with Crippen LogP contribution in [-0.4, -0.2) is 46.8 Å². The fourth-order valence-electron chi connectivity index (χ4n) is 3.23. The Balaban J connectivity index is 1.76. The summed E-state index contributed by atoms with van der Waals surface area (Å²) in [4.78, 5) is 4.78. The van der Waals surface area contributed by atoms with Gasteiger partial charge in [-0.05, 0) is 50.8 Å². The molecule has 1 saturated heterocycles. The molecular formula is C17H24N4O2S. The van der Waals surface area contributed by atoms with Crippen molar-refractivity contribution in [3.05, 3.63) is 36.2 Å². The fourth-order valence-corrected chi connectivity index (χ4v) is 4.14. The summed E-state index contributed by atoms with van der Waals surface area (Å²) in [6.45, 7) is 5.40. The quantitative estimate of drug-likeness (QED) is 0.832. The molecule has 0 spiro atoms. The van der Waals surface area contributed by atoms with Crippen molar-refractivity contribution >= 4 is 10.0 Å². The van der Waals surface area contributed by atoms with E-state index in [0.717, 1.165) is 29.9 Å². The second kappa shape index (κ2) is 6.64. The van der Waals surface area contributed by atoms with Crippen LogP contribution in [0.1, 0.15) is 32.0 Å². The molecule has 0 amide bonds. The number of hydrogen-bond donors (Lipinski definition) is 0. The van der Waals surface area contributed by atoms with Gasteiger partial charge in [0.25, 0.3) is 0 Å². The lowest BCUT2D eigenvalue weighted by molar-refractivity contribution is 0.459. The maximum Gasteiger partial charge on any atom is 0.211 e. The first-order chi connectivity index (χ1) is 11.3. The third kappa shape index (κ3) is 3.67. The van der Waals surface area contributed by atoms with Crippen molar-refractivity contribution in [1.82, 2.24) is 19.1 Å². The van der Waals surface area contributed by atoms with Crippen LogP contribution in [0.25, 0.3) is 11.4 Å². The van der Waals surface area contributed by atoms with E-state index in [0.29, 0.717) is 19.0 Å². The number of hydrogen-bond acceptors (Lipinski definition) is 4. The van der Waals surface area contributed by atoms with Crippen LogP contribution in [0, 0.1) is 5.92 Å². The van der Waals surface area contributed by atoms with E-state index in [1.165, 1.54) is 6.26 Å². The average Bonchev–Trinajstić information content (AvgIpc) is 3.15. The first-order valence-corrected chi connectivity index (χ1v) is 10.1. The third-order valence-corrected chi connectivity index (χ3v) is 5.71. The van der Waals surface area contributed by atoms with Crippen molar-refractivity contribution in [1.29, 1.82) is 0 Å². The van der Waals surface area contributed by atoms with E-state index in [1.54, 1.807) is 10.5 Å². The van der Waals surface area contributed by atoms with Crippen LogP contribution in [0.5, 0.6) is 0 Å². The highest BCUT2D eigenvalue weighted by Crippen LogP contribution is 2.24. The van der Waals surface area contributed by atoms with E-state index < -0.39 is 10.0 Å². The molecule has 0 bridgehead atoms. The maximum absolute atomic E-state index is 11.6. The Morgan fingerprint density at radius 2 is 2.08 bits per heavy atom. The van der Waals surface area contributed by atoms with Crippen LogP contribution in [0.4, 0.5) is 0 Å². The summed E-state index contributed by atoms with van der Waals surface area (Å²) < 4.78 is 26.8. The molecule has 0 aromatic carbocycles. The van der Waals surface area contributed by atoms with Gasteiger partial charge in [0.2, 0.25) is 10.0 Å². The molecule has 1 fully saturated rings. The Morgan fingerprint density at radius 1 is 1.29 bits per heavy atom. The van der Waals surface area contributed by atoms with Gasteiger partial charge in [-0.25, -0.2) is 12.7 Å². The molecule has 0 aliphatic carbocycles. The first-order valence-electron chi connectivity index (χ1n) is 8.29. The molecule has 24 heavy (non-hydrogen) atoms. The number of rotatable bonds is 5. The van der Waals surface area contributed by atoms with Crippen LogP contribution in [-0.2, 0) is 16.4 Å². The lowest BCUT2D eigenvalue weighted by atomic mass is 10.0. The lowest BCUT2D eigenvalue weighted by Crippen LogP contribution is -2.27. The molecule has 6 nitrogen and oxygen atoms in total. The molecule has 3 heterocycles. The van der Waals surface area contributed by atoms with Crippen molar-refractivity contribution < 1.29 is 8.42 Å². The minimum absolute atomic E-state index is 0.276. The molecule has 1 aliphatic rings. The first kappa shape index (κ1) is 17.1. The topological polar surface area (TPSA) is 68.1 Å². The van der Waals surface area contributed by atoms with Gasteiger partial charge in [-0.15, -0.1) is 0 Å². The van der Waals surface area contributed by atoms with E-state index in [4.69, 9.17) is 4.98 Å². The molecule has 3 rings (SSSR count). The van der Waals surface area contributed by atoms with Crippen molar-refractivity contribution in [3.8, 4) is 11.4 Å². The predicted octanol–water partition coefficient (Wildman–Crippen LogP) is 2.35. The summed E-state index contributed by atoms with van der Waals surface area (Å²) in [6, 6.07) is 8.28. The van der Waals surface area contributed by atoms with Crippen molar-refractivity contribution in [2.24, 2.45) is 5.92 Å². The summed E-state index contributed by atoms with van der Waals surface area (Å²) in [6.07, 6.45) is 4.77. The molecule has 2 aromatic rings. The number of pyridine rings is 1. The van der Waals surface area contributed by atoms with Crippen molar-refractivity contribution in [2.75, 3.05) is 19.3 Å². The van der Waals surface area contributed by atoms with Gasteiger partial charge in [-0.2, -0.15) is 5.10 Å². The zero-order chi connectivity index (χ0) is 17.3. The van der Waals surface area contributed by atoms with Crippen LogP contribution < -0.4 is 0 Å². The lowest BCUT2D eigenvalue weighted by Gasteiger charge is -2.14. The summed E-state index contributed by atoms with van der Waals surface area (Å²) >= 11 is 0. The van der Waals surface area contributed by atoms with Gasteiger partial charge < -0.3 is 0 Å². The van der Waals surface area contributed by atoms with Gasteiger partial charge >= 0.3 is 0 Å². The highest BCUT2D eigenvalue weighted by molar-refractivity contribution is 7.88. The molecule has 2 aromatic heterocycles. The Kier molecular flexibility index (Phi) is 4.73. The van der Waals surface area contributed by atoms with Crippen molar-refractivity contribution in [3.63, 3.8) is 0 Å². The van der Waals surface area contributed by atoms with Crippen LogP contribution in [0.2, 0.25) is 0 Å².